The van der Waals surface area contributed by atoms with Crippen molar-refractivity contribution >= 4 is 12.4 Å². The molecule has 1 aliphatic carbocycles. The lowest BCUT2D eigenvalue weighted by Gasteiger charge is -2.21. The van der Waals surface area contributed by atoms with Crippen LogP contribution in [0.2, 0.25) is 0 Å². The van der Waals surface area contributed by atoms with Crippen molar-refractivity contribution in [2.75, 3.05) is 19.6 Å². The van der Waals surface area contributed by atoms with Crippen LogP contribution in [-0.2, 0) is 18.1 Å². The molecule has 0 radical (unpaired) electrons. The van der Waals surface area contributed by atoms with Gasteiger partial charge in [-0.05, 0) is 43.0 Å². The van der Waals surface area contributed by atoms with Gasteiger partial charge in [-0.3, -0.25) is 9.78 Å². The number of nitrogens with zero attached hydrogens (tertiary/aromatic N) is 2. The summed E-state index contributed by atoms with van der Waals surface area (Å²) >= 11 is 0. The average Bonchev–Trinajstić information content (AvgIpc) is 3.18. The highest BCUT2D eigenvalue weighted by Gasteiger charge is 2.60. The van der Waals surface area contributed by atoms with Crippen molar-refractivity contribution < 1.29 is 13.2 Å². The fourth-order valence-electron chi connectivity index (χ4n) is 4.28. The van der Waals surface area contributed by atoms with E-state index in [1.165, 1.54) is 29.0 Å². The maximum absolute atomic E-state index is 12.7. The highest BCUT2D eigenvalue weighted by molar-refractivity contribution is 5.85. The molecule has 2 aromatic rings. The molecule has 0 bridgehead atoms. The van der Waals surface area contributed by atoms with E-state index in [2.05, 4.69) is 9.88 Å². The molecule has 1 N–H and O–H groups in total. The molecule has 28 heavy (non-hydrogen) atoms. The summed E-state index contributed by atoms with van der Waals surface area (Å²) in [6.45, 7) is 3.10. The largest absolute Gasteiger partial charge is 0.416 e. The molecule has 0 spiro atoms. The maximum Gasteiger partial charge on any atom is 0.416 e. The van der Waals surface area contributed by atoms with Gasteiger partial charge in [0.05, 0.1) is 5.56 Å². The van der Waals surface area contributed by atoms with Gasteiger partial charge in [-0.1, -0.05) is 12.1 Å². The Labute approximate surface area is 165 Å². The van der Waals surface area contributed by atoms with Crippen molar-refractivity contribution in [2.24, 2.45) is 5.92 Å². The molecule has 1 saturated heterocycles. The first-order chi connectivity index (χ1) is 12.8. The second kappa shape index (κ2) is 7.40. The minimum Gasteiger partial charge on any atom is -0.302 e. The molecule has 2 atom stereocenters. The number of piperidine rings is 1. The van der Waals surface area contributed by atoms with E-state index in [0.29, 0.717) is 12.5 Å². The predicted octanol–water partition coefficient (Wildman–Crippen LogP) is 2.64. The fourth-order valence-corrected chi connectivity index (χ4v) is 4.28. The molecule has 1 aromatic heterocycles. The molecule has 152 valence electrons. The molecule has 1 aromatic carbocycles. The van der Waals surface area contributed by atoms with E-state index in [-0.39, 0.29) is 17.8 Å². The summed E-state index contributed by atoms with van der Waals surface area (Å²) in [5.74, 6) is 0.491. The number of nitrogens with one attached hydrogen (secondary N) is 1. The second-order valence-electron chi connectivity index (χ2n) is 7.52. The lowest BCUT2D eigenvalue weighted by atomic mass is 9.94. The lowest BCUT2D eigenvalue weighted by molar-refractivity contribution is -0.137. The smallest absolute Gasteiger partial charge is 0.302 e. The molecule has 1 aliphatic heterocycles. The Morgan fingerprint density at radius 3 is 2.46 bits per heavy atom. The molecule has 2 aliphatic rings. The molecular weight excluding hydrogens is 395 g/mol. The van der Waals surface area contributed by atoms with E-state index in [0.717, 1.165) is 38.0 Å². The zero-order chi connectivity index (χ0) is 19.2. The number of aryl methyl sites for hydroxylation is 1. The molecule has 4 rings (SSSR count). The number of hydrogen-bond donors (Lipinski definition) is 1. The maximum atomic E-state index is 12.7. The summed E-state index contributed by atoms with van der Waals surface area (Å²) in [5, 5.41) is 0. The molecule has 5 nitrogen and oxygen atoms in total. The number of H-pyrrole nitrogens is 1. The van der Waals surface area contributed by atoms with Gasteiger partial charge in [-0.15, -0.1) is 12.4 Å². The van der Waals surface area contributed by atoms with Crippen LogP contribution in [0, 0.1) is 5.92 Å². The third-order valence-electron chi connectivity index (χ3n) is 5.77. The number of aromatic nitrogens is 2. The van der Waals surface area contributed by atoms with Crippen molar-refractivity contribution in [1.82, 2.24) is 14.5 Å². The van der Waals surface area contributed by atoms with Gasteiger partial charge in [0.15, 0.2) is 0 Å². The van der Waals surface area contributed by atoms with Crippen LogP contribution in [0.4, 0.5) is 13.2 Å². The van der Waals surface area contributed by atoms with Gasteiger partial charge in [0, 0.05) is 37.3 Å². The van der Waals surface area contributed by atoms with Crippen molar-refractivity contribution in [3.8, 4) is 0 Å². The third-order valence-corrected chi connectivity index (χ3v) is 5.77. The number of benzene rings is 1. The Balaban J connectivity index is 0.00000225. The first kappa shape index (κ1) is 20.7. The first-order valence-corrected chi connectivity index (χ1v) is 8.98. The van der Waals surface area contributed by atoms with E-state index < -0.39 is 23.0 Å². The van der Waals surface area contributed by atoms with E-state index in [1.807, 2.05) is 0 Å². The highest BCUT2D eigenvalue weighted by Crippen LogP contribution is 2.59. The third kappa shape index (κ3) is 3.89. The second-order valence-corrected chi connectivity index (χ2v) is 7.52. The normalized spacial score (nSPS) is 23.9. The molecule has 2 heterocycles. The Bertz CT molecular complexity index is 954. The van der Waals surface area contributed by atoms with Crippen LogP contribution in [-0.4, -0.2) is 34.1 Å². The summed E-state index contributed by atoms with van der Waals surface area (Å²) in [6.07, 6.45) is -1.02. The summed E-state index contributed by atoms with van der Waals surface area (Å²) in [4.78, 5) is 27.3. The van der Waals surface area contributed by atoms with E-state index in [4.69, 9.17) is 0 Å². The lowest BCUT2D eigenvalue weighted by Crippen LogP contribution is -2.31. The van der Waals surface area contributed by atoms with Gasteiger partial charge in [0.1, 0.15) is 0 Å². The Morgan fingerprint density at radius 1 is 1.11 bits per heavy atom. The van der Waals surface area contributed by atoms with Gasteiger partial charge in [0.25, 0.3) is 5.56 Å². The molecule has 9 heteroatoms. The van der Waals surface area contributed by atoms with Crippen LogP contribution in [0.3, 0.4) is 0 Å². The zero-order valence-corrected chi connectivity index (χ0v) is 15.9. The van der Waals surface area contributed by atoms with Crippen molar-refractivity contribution in [2.45, 2.75) is 31.0 Å². The molecular formula is C19H21ClF3N3O2. The van der Waals surface area contributed by atoms with Crippen LogP contribution in [0.1, 0.15) is 24.0 Å². The number of rotatable bonds is 5. The fraction of sp³-hybridized carbons (Fsp3) is 0.474. The number of fused-ring (bicyclic) bond motifs is 1. The standard InChI is InChI=1S/C19H20F3N3O2.ClH/c20-19(21,22)14-4-2-13(3-5-14)18-10-15(18)11-24(12-18)7-1-8-25-9-6-16(26)23-17(25)27;/h2-6,9,15H,1,7-8,10-12H2,(H,23,26,27);1H/t15-,18+;/m0./s1. The molecule has 2 fully saturated rings. The van der Waals surface area contributed by atoms with Crippen LogP contribution in [0.15, 0.2) is 46.1 Å². The van der Waals surface area contributed by atoms with Gasteiger partial charge in [0.2, 0.25) is 0 Å². The van der Waals surface area contributed by atoms with Gasteiger partial charge < -0.3 is 9.47 Å². The van der Waals surface area contributed by atoms with E-state index in [1.54, 1.807) is 12.1 Å². The van der Waals surface area contributed by atoms with E-state index >= 15 is 0 Å². The van der Waals surface area contributed by atoms with Crippen molar-refractivity contribution in [3.63, 3.8) is 0 Å². The van der Waals surface area contributed by atoms with Crippen molar-refractivity contribution in [3.05, 3.63) is 68.5 Å². The summed E-state index contributed by atoms with van der Waals surface area (Å²) < 4.78 is 39.7. The average molecular weight is 416 g/mol. The Morgan fingerprint density at radius 2 is 1.82 bits per heavy atom. The quantitative estimate of drug-likeness (QED) is 0.816. The highest BCUT2D eigenvalue weighted by atomic mass is 35.5. The number of likely N-dealkylation sites (tertiary alicyclic amines) is 1. The molecule has 0 unspecified atom stereocenters. The molecule has 1 saturated carbocycles. The van der Waals surface area contributed by atoms with Crippen LogP contribution in [0.5, 0.6) is 0 Å². The monoisotopic (exact) mass is 415 g/mol. The van der Waals surface area contributed by atoms with E-state index in [9.17, 15) is 22.8 Å². The van der Waals surface area contributed by atoms with Gasteiger partial charge >= 0.3 is 11.9 Å². The SMILES string of the molecule is Cl.O=c1ccn(CCCN2C[C@@H]3C[C@]3(c3ccc(C(F)(F)F)cc3)C2)c(=O)[nH]1. The minimum atomic E-state index is -4.30. The number of alkyl halides is 3. The summed E-state index contributed by atoms with van der Waals surface area (Å²) in [7, 11) is 0. The number of aromatic amines is 1. The Kier molecular flexibility index (Phi) is 5.46. The molecule has 0 amide bonds. The van der Waals surface area contributed by atoms with Crippen LogP contribution < -0.4 is 11.2 Å². The van der Waals surface area contributed by atoms with Crippen molar-refractivity contribution in [1.29, 1.82) is 0 Å². The first-order valence-electron chi connectivity index (χ1n) is 8.98. The van der Waals surface area contributed by atoms with Crippen LogP contribution in [0.25, 0.3) is 0 Å². The topological polar surface area (TPSA) is 58.1 Å². The predicted molar refractivity (Wildman–Crippen MR) is 101 cm³/mol. The number of hydrogen-bond acceptors (Lipinski definition) is 3. The summed E-state index contributed by atoms with van der Waals surface area (Å²) in [6, 6.07) is 6.90. The number of halogens is 4. The zero-order valence-electron chi connectivity index (χ0n) is 15.0. The van der Waals surface area contributed by atoms with Crippen LogP contribution >= 0.6 is 12.4 Å². The minimum absolute atomic E-state index is 0. The summed E-state index contributed by atoms with van der Waals surface area (Å²) in [5.41, 5.74) is -0.456. The van der Waals surface area contributed by atoms with Gasteiger partial charge in [-0.2, -0.15) is 13.2 Å². The van der Waals surface area contributed by atoms with Gasteiger partial charge in [-0.25, -0.2) is 4.79 Å². The Hall–Kier alpha value is -2.06.